The summed E-state index contributed by atoms with van der Waals surface area (Å²) in [4.78, 5) is 16.8. The molecular weight excluding hydrogens is 609 g/mol. The van der Waals surface area contributed by atoms with Gasteiger partial charge >= 0.3 is 12.1 Å². The zero-order valence-corrected chi connectivity index (χ0v) is 25.0. The molecule has 0 amide bonds. The summed E-state index contributed by atoms with van der Waals surface area (Å²) in [6.07, 6.45) is 1.24. The van der Waals surface area contributed by atoms with E-state index in [9.17, 15) is 23.1 Å². The van der Waals surface area contributed by atoms with Gasteiger partial charge in [-0.05, 0) is 101 Å². The number of aromatic amines is 1. The van der Waals surface area contributed by atoms with Crippen molar-refractivity contribution in [2.24, 2.45) is 0 Å². The Kier molecular flexibility index (Phi) is 7.92. The molecule has 47 heavy (non-hydrogen) atoms. The van der Waals surface area contributed by atoms with Crippen molar-refractivity contribution in [3.8, 4) is 39.7 Å². The highest BCUT2D eigenvalue weighted by Gasteiger charge is 2.30. The van der Waals surface area contributed by atoms with Gasteiger partial charge in [-0.15, -0.1) is 10.2 Å². The summed E-state index contributed by atoms with van der Waals surface area (Å²) in [5, 5.41) is 23.9. The van der Waals surface area contributed by atoms with E-state index in [-0.39, 0.29) is 12.2 Å². The summed E-state index contributed by atoms with van der Waals surface area (Å²) in [7, 11) is 0. The van der Waals surface area contributed by atoms with Crippen LogP contribution in [0.1, 0.15) is 59.6 Å². The molecule has 0 bridgehead atoms. The number of carboxylic acid groups (broad SMARTS) is 1. The Morgan fingerprint density at radius 1 is 0.894 bits per heavy atom. The molecule has 1 saturated carbocycles. The van der Waals surface area contributed by atoms with Gasteiger partial charge in [0.2, 0.25) is 5.82 Å². The summed E-state index contributed by atoms with van der Waals surface area (Å²) in [6, 6.07) is 23.2. The van der Waals surface area contributed by atoms with Crippen LogP contribution in [-0.2, 0) is 12.8 Å². The van der Waals surface area contributed by atoms with E-state index in [1.807, 2.05) is 36.4 Å². The predicted octanol–water partition coefficient (Wildman–Crippen LogP) is 8.35. The third-order valence-electron chi connectivity index (χ3n) is 8.62. The van der Waals surface area contributed by atoms with Gasteiger partial charge in [-0.1, -0.05) is 37.5 Å². The highest BCUT2D eigenvalue weighted by molar-refractivity contribution is 5.89. The summed E-state index contributed by atoms with van der Waals surface area (Å²) < 4.78 is 47.8. The summed E-state index contributed by atoms with van der Waals surface area (Å²) in [6.45, 7) is 0.0102. The van der Waals surface area contributed by atoms with Gasteiger partial charge in [0.15, 0.2) is 0 Å². The lowest BCUT2D eigenvalue weighted by molar-refractivity contribution is -0.137. The fraction of sp³-hybridized carbons (Fsp3) is 0.229. The molecule has 0 aliphatic heterocycles. The first-order chi connectivity index (χ1) is 22.7. The number of ether oxygens (including phenoxy) is 1. The average molecular weight is 639 g/mol. The number of benzene rings is 4. The number of tetrazole rings is 1. The van der Waals surface area contributed by atoms with Crippen molar-refractivity contribution in [2.45, 2.75) is 50.9 Å². The van der Waals surface area contributed by atoms with E-state index in [1.165, 1.54) is 30.7 Å². The molecule has 0 atom stereocenters. The number of hydrogen-bond acceptors (Lipinski definition) is 6. The minimum Gasteiger partial charge on any atom is -0.489 e. The first kappa shape index (κ1) is 30.2. The predicted molar refractivity (Wildman–Crippen MR) is 169 cm³/mol. The molecule has 2 aromatic heterocycles. The van der Waals surface area contributed by atoms with Crippen LogP contribution in [0, 0.1) is 0 Å². The van der Waals surface area contributed by atoms with Crippen LogP contribution in [0.3, 0.4) is 0 Å². The van der Waals surface area contributed by atoms with Crippen LogP contribution in [0.5, 0.6) is 5.75 Å². The number of rotatable bonds is 8. The number of aromatic carboxylic acids is 1. The van der Waals surface area contributed by atoms with Gasteiger partial charge in [-0.2, -0.15) is 18.4 Å². The highest BCUT2D eigenvalue weighted by Crippen LogP contribution is 2.38. The number of carboxylic acids is 1. The Labute approximate surface area is 267 Å². The normalized spacial score (nSPS) is 14.0. The summed E-state index contributed by atoms with van der Waals surface area (Å²) in [5.41, 5.74) is 4.54. The van der Waals surface area contributed by atoms with Crippen molar-refractivity contribution in [1.82, 2.24) is 30.2 Å². The Bertz CT molecular complexity index is 2030. The molecule has 9 nitrogen and oxygen atoms in total. The van der Waals surface area contributed by atoms with Crippen LogP contribution in [0.25, 0.3) is 44.9 Å². The van der Waals surface area contributed by atoms with Gasteiger partial charge in [-0.3, -0.25) is 0 Å². The Morgan fingerprint density at radius 3 is 2.30 bits per heavy atom. The zero-order valence-electron chi connectivity index (χ0n) is 25.0. The molecule has 0 radical (unpaired) electrons. The van der Waals surface area contributed by atoms with E-state index in [4.69, 9.17) is 9.72 Å². The van der Waals surface area contributed by atoms with Crippen LogP contribution in [0.2, 0.25) is 0 Å². The first-order valence-corrected chi connectivity index (χ1v) is 15.3. The monoisotopic (exact) mass is 638 g/mol. The smallest absolute Gasteiger partial charge is 0.416 e. The molecule has 1 aliphatic carbocycles. The lowest BCUT2D eigenvalue weighted by Crippen LogP contribution is -2.14. The number of alkyl halides is 3. The molecule has 4 aromatic carbocycles. The highest BCUT2D eigenvalue weighted by atomic mass is 19.4. The number of imidazole rings is 1. The van der Waals surface area contributed by atoms with Gasteiger partial charge in [0.1, 0.15) is 18.2 Å². The second-order valence-corrected chi connectivity index (χ2v) is 11.6. The topological polar surface area (TPSA) is 119 Å². The SMILES string of the molecule is O=C(O)c1ccc(-c2ccc(C(F)(F)F)cc2)c(COc2ccc(-c3nc4cc(-c5nn[nH]n5)ccc4n3C3CCCCC3)cc2)c1. The molecule has 238 valence electrons. The lowest BCUT2D eigenvalue weighted by atomic mass is 9.94. The average Bonchev–Trinajstić information content (AvgIpc) is 3.76. The number of aromatic nitrogens is 6. The van der Waals surface area contributed by atoms with Crippen molar-refractivity contribution >= 4 is 17.0 Å². The van der Waals surface area contributed by atoms with E-state index in [1.54, 1.807) is 6.07 Å². The first-order valence-electron chi connectivity index (χ1n) is 15.3. The van der Waals surface area contributed by atoms with E-state index < -0.39 is 17.7 Å². The summed E-state index contributed by atoms with van der Waals surface area (Å²) >= 11 is 0. The largest absolute Gasteiger partial charge is 0.489 e. The van der Waals surface area contributed by atoms with Crippen molar-refractivity contribution in [1.29, 1.82) is 0 Å². The Balaban J connectivity index is 1.17. The molecule has 1 fully saturated rings. The van der Waals surface area contributed by atoms with Gasteiger partial charge in [-0.25, -0.2) is 9.78 Å². The maximum Gasteiger partial charge on any atom is 0.416 e. The number of fused-ring (bicyclic) bond motifs is 1. The maximum atomic E-state index is 13.1. The van der Waals surface area contributed by atoms with E-state index in [0.717, 1.165) is 65.8 Å². The van der Waals surface area contributed by atoms with Gasteiger partial charge in [0.05, 0.1) is 22.2 Å². The zero-order chi connectivity index (χ0) is 32.5. The third-order valence-corrected chi connectivity index (χ3v) is 8.62. The Morgan fingerprint density at radius 2 is 1.62 bits per heavy atom. The fourth-order valence-electron chi connectivity index (χ4n) is 6.26. The molecule has 2 N–H and O–H groups in total. The van der Waals surface area contributed by atoms with Crippen molar-refractivity contribution in [3.63, 3.8) is 0 Å². The maximum absolute atomic E-state index is 13.1. The van der Waals surface area contributed by atoms with Crippen LogP contribution >= 0.6 is 0 Å². The minimum atomic E-state index is -4.46. The molecule has 2 heterocycles. The van der Waals surface area contributed by atoms with Gasteiger partial charge in [0, 0.05) is 17.2 Å². The summed E-state index contributed by atoms with van der Waals surface area (Å²) in [5.74, 6) is 0.785. The fourth-order valence-corrected chi connectivity index (χ4v) is 6.26. The van der Waals surface area contributed by atoms with Crippen LogP contribution in [0.15, 0.2) is 84.9 Å². The van der Waals surface area contributed by atoms with Crippen LogP contribution < -0.4 is 4.74 Å². The van der Waals surface area contributed by atoms with Gasteiger partial charge < -0.3 is 14.4 Å². The number of nitrogens with zero attached hydrogens (tertiary/aromatic N) is 5. The molecule has 0 saturated heterocycles. The minimum absolute atomic E-state index is 0.0102. The van der Waals surface area contributed by atoms with Gasteiger partial charge in [0.25, 0.3) is 0 Å². The number of H-pyrrole nitrogens is 1. The van der Waals surface area contributed by atoms with Crippen molar-refractivity contribution in [3.05, 3.63) is 102 Å². The molecule has 0 spiro atoms. The molecular formula is C35H29F3N6O3. The van der Waals surface area contributed by atoms with Crippen LogP contribution in [0.4, 0.5) is 13.2 Å². The molecule has 7 rings (SSSR count). The van der Waals surface area contributed by atoms with Crippen molar-refractivity contribution in [2.75, 3.05) is 0 Å². The second kappa shape index (κ2) is 12.3. The van der Waals surface area contributed by atoms with Crippen molar-refractivity contribution < 1.29 is 27.8 Å². The standard InChI is InChI=1S/C35H29F3N6O3/c36-35(37,38)26-12-6-21(7-13-26)29-16-10-24(34(45)46)18-25(29)20-47-28-14-8-22(9-15-28)33-39-30-19-23(32-40-42-43-41-32)11-17-31(30)44(33)27-4-2-1-3-5-27/h6-19,27H,1-5,20H2,(H,45,46)(H,40,41,42,43). The third kappa shape index (κ3) is 6.18. The van der Waals surface area contributed by atoms with E-state index >= 15 is 0 Å². The molecule has 0 unspecified atom stereocenters. The number of carbonyl (C=O) groups is 1. The number of halogens is 3. The second-order valence-electron chi connectivity index (χ2n) is 11.6. The number of hydrogen-bond donors (Lipinski definition) is 2. The van der Waals surface area contributed by atoms with Crippen LogP contribution in [-0.4, -0.2) is 41.3 Å². The molecule has 6 aromatic rings. The molecule has 1 aliphatic rings. The quantitative estimate of drug-likeness (QED) is 0.172. The Hall–Kier alpha value is -5.52. The number of nitrogens with one attached hydrogen (secondary N) is 1. The van der Waals surface area contributed by atoms with E-state index in [0.29, 0.717) is 34.3 Å². The van der Waals surface area contributed by atoms with E-state index in [2.05, 4.69) is 31.3 Å². The molecule has 12 heteroatoms. The lowest BCUT2D eigenvalue weighted by Gasteiger charge is -2.25.